The quantitative estimate of drug-likeness (QED) is 0.247. The van der Waals surface area contributed by atoms with E-state index in [0.717, 1.165) is 16.7 Å². The molecule has 0 saturated heterocycles. The fourth-order valence-electron chi connectivity index (χ4n) is 4.93. The number of carbonyl (C=O) groups excluding carboxylic acids is 2. The number of hydrogen-bond donors (Lipinski definition) is 1. The van der Waals surface area contributed by atoms with Crippen molar-refractivity contribution in [3.63, 3.8) is 0 Å². The Hall–Kier alpha value is -3.95. The van der Waals surface area contributed by atoms with Crippen LogP contribution in [0.1, 0.15) is 30.2 Å². The molecule has 1 N–H and O–H groups in total. The van der Waals surface area contributed by atoms with Gasteiger partial charge in [-0.1, -0.05) is 67.9 Å². The van der Waals surface area contributed by atoms with Crippen LogP contribution in [0.3, 0.4) is 0 Å². The summed E-state index contributed by atoms with van der Waals surface area (Å²) < 4.78 is 13.1. The number of nitrogens with zero attached hydrogens (tertiary/aromatic N) is 3. The topological polar surface area (TPSA) is 85.7 Å². The highest BCUT2D eigenvalue weighted by Gasteiger charge is 2.39. The van der Waals surface area contributed by atoms with Crippen molar-refractivity contribution in [2.75, 3.05) is 38.0 Å². The normalized spacial score (nSPS) is 14.9. The molecule has 0 saturated carbocycles. The lowest BCUT2D eigenvalue weighted by Crippen LogP contribution is -2.43. The van der Waals surface area contributed by atoms with Crippen molar-refractivity contribution in [1.29, 1.82) is 0 Å². The fourth-order valence-corrected chi connectivity index (χ4v) is 6.36. The number of amides is 2. The summed E-state index contributed by atoms with van der Waals surface area (Å²) in [7, 11) is 3.23. The molecule has 0 fully saturated rings. The second kappa shape index (κ2) is 12.9. The van der Waals surface area contributed by atoms with Gasteiger partial charge >= 0.3 is 0 Å². The third kappa shape index (κ3) is 5.98. The van der Waals surface area contributed by atoms with Gasteiger partial charge in [0.05, 0.1) is 41.6 Å². The van der Waals surface area contributed by atoms with Gasteiger partial charge in [0.1, 0.15) is 23.9 Å². The minimum atomic E-state index is -0.385. The molecule has 1 unspecified atom stereocenters. The van der Waals surface area contributed by atoms with Crippen molar-refractivity contribution in [3.05, 3.63) is 88.9 Å². The van der Waals surface area contributed by atoms with Crippen molar-refractivity contribution in [1.82, 2.24) is 15.1 Å². The van der Waals surface area contributed by atoms with Gasteiger partial charge in [0.25, 0.3) is 0 Å². The van der Waals surface area contributed by atoms with Crippen LogP contribution in [0.2, 0.25) is 5.02 Å². The van der Waals surface area contributed by atoms with Gasteiger partial charge in [-0.2, -0.15) is 5.10 Å². The molecule has 2 amide bonds. The summed E-state index contributed by atoms with van der Waals surface area (Å²) >= 11 is 8.19. The van der Waals surface area contributed by atoms with Crippen LogP contribution < -0.4 is 19.7 Å². The van der Waals surface area contributed by atoms with Gasteiger partial charge < -0.3 is 14.8 Å². The number of methoxy groups -OCH3 is 2. The molecule has 218 valence electrons. The van der Waals surface area contributed by atoms with Crippen molar-refractivity contribution in [2.24, 2.45) is 5.92 Å². The van der Waals surface area contributed by atoms with E-state index in [1.807, 2.05) is 80.6 Å². The molecule has 1 aromatic heterocycles. The predicted molar refractivity (Wildman–Crippen MR) is 168 cm³/mol. The number of hydrogen-bond acceptors (Lipinski definition) is 6. The van der Waals surface area contributed by atoms with Gasteiger partial charge in [0, 0.05) is 23.2 Å². The summed E-state index contributed by atoms with van der Waals surface area (Å²) in [5, 5.41) is 8.13. The molecular formula is C32H33ClN4O4S. The number of ether oxygens (including phenoxy) is 2. The number of anilines is 1. The Morgan fingerprint density at radius 2 is 1.81 bits per heavy atom. The number of benzene rings is 3. The van der Waals surface area contributed by atoms with Gasteiger partial charge in [0.15, 0.2) is 0 Å². The standard InChI is InChI=1S/C32H33ClN4O4S/c1-20(2)17-34-27(38)18-36-28(39)19-42-31(23-16-22(40-3)14-15-26(23)41-4)29-30(21-10-6-5-7-11-21)35-37(32(29)36)25-13-9-8-12-24(25)33/h5-16,20,31H,17-19H2,1-4H3,(H,34,38). The first-order valence-electron chi connectivity index (χ1n) is 13.7. The summed E-state index contributed by atoms with van der Waals surface area (Å²) in [5.41, 5.74) is 3.75. The minimum Gasteiger partial charge on any atom is -0.497 e. The Bertz CT molecular complexity index is 1590. The maximum Gasteiger partial charge on any atom is 0.240 e. The molecule has 1 atom stereocenters. The number of nitrogens with one attached hydrogen (secondary N) is 1. The Kier molecular flexibility index (Phi) is 9.09. The third-order valence-corrected chi connectivity index (χ3v) is 8.50. The molecule has 8 nitrogen and oxygen atoms in total. The SMILES string of the molecule is COc1ccc(OC)c(C2SCC(=O)N(CC(=O)NCC(C)C)c3c2c(-c2ccccc2)nn3-c2ccccc2Cl)c1. The van der Waals surface area contributed by atoms with E-state index in [1.165, 1.54) is 16.7 Å². The summed E-state index contributed by atoms with van der Waals surface area (Å²) in [6.45, 7) is 4.39. The number of rotatable bonds is 9. The van der Waals surface area contributed by atoms with Crippen LogP contribution in [-0.2, 0) is 9.59 Å². The molecule has 10 heteroatoms. The number of halogens is 1. The van der Waals surface area contributed by atoms with Crippen LogP contribution in [0.25, 0.3) is 16.9 Å². The van der Waals surface area contributed by atoms with E-state index >= 15 is 0 Å². The van der Waals surface area contributed by atoms with E-state index in [9.17, 15) is 9.59 Å². The Morgan fingerprint density at radius 3 is 2.50 bits per heavy atom. The first kappa shape index (κ1) is 29.5. The number of para-hydroxylation sites is 1. The van der Waals surface area contributed by atoms with Crippen LogP contribution in [0, 0.1) is 5.92 Å². The molecule has 0 bridgehead atoms. The lowest BCUT2D eigenvalue weighted by Gasteiger charge is -2.24. The van der Waals surface area contributed by atoms with Crippen molar-refractivity contribution < 1.29 is 19.1 Å². The molecule has 0 aliphatic carbocycles. The van der Waals surface area contributed by atoms with Crippen LogP contribution >= 0.6 is 23.4 Å². The van der Waals surface area contributed by atoms with Crippen LogP contribution in [0.15, 0.2) is 72.8 Å². The second-order valence-corrected chi connectivity index (χ2v) is 11.8. The number of thioether (sulfide) groups is 1. The monoisotopic (exact) mass is 604 g/mol. The molecule has 4 aromatic rings. The van der Waals surface area contributed by atoms with Crippen LogP contribution in [0.5, 0.6) is 11.5 Å². The zero-order valence-corrected chi connectivity index (χ0v) is 25.5. The number of carbonyl (C=O) groups is 2. The average molecular weight is 605 g/mol. The summed E-state index contributed by atoms with van der Waals surface area (Å²) in [4.78, 5) is 28.7. The maximum atomic E-state index is 13.9. The molecule has 3 aromatic carbocycles. The van der Waals surface area contributed by atoms with E-state index in [0.29, 0.717) is 40.3 Å². The van der Waals surface area contributed by atoms with E-state index in [-0.39, 0.29) is 35.3 Å². The van der Waals surface area contributed by atoms with Crippen LogP contribution in [0.4, 0.5) is 5.82 Å². The lowest BCUT2D eigenvalue weighted by molar-refractivity contribution is -0.123. The smallest absolute Gasteiger partial charge is 0.240 e. The zero-order chi connectivity index (χ0) is 29.8. The first-order valence-corrected chi connectivity index (χ1v) is 15.1. The van der Waals surface area contributed by atoms with E-state index in [4.69, 9.17) is 26.2 Å². The van der Waals surface area contributed by atoms with E-state index in [1.54, 1.807) is 25.0 Å². The lowest BCUT2D eigenvalue weighted by atomic mass is 9.98. The Balaban J connectivity index is 1.81. The molecule has 1 aliphatic rings. The molecule has 0 spiro atoms. The summed E-state index contributed by atoms with van der Waals surface area (Å²) in [6.07, 6.45) is 0. The van der Waals surface area contributed by atoms with Gasteiger partial charge in [0.2, 0.25) is 11.8 Å². The molecule has 42 heavy (non-hydrogen) atoms. The van der Waals surface area contributed by atoms with Crippen LogP contribution in [-0.4, -0.2) is 54.7 Å². The largest absolute Gasteiger partial charge is 0.497 e. The Labute approximate surface area is 255 Å². The van der Waals surface area contributed by atoms with Gasteiger partial charge in [-0.25, -0.2) is 4.68 Å². The maximum absolute atomic E-state index is 13.9. The van der Waals surface area contributed by atoms with Crippen molar-refractivity contribution >= 4 is 41.0 Å². The predicted octanol–water partition coefficient (Wildman–Crippen LogP) is 6.15. The second-order valence-electron chi connectivity index (χ2n) is 10.3. The highest BCUT2D eigenvalue weighted by molar-refractivity contribution is 8.00. The van der Waals surface area contributed by atoms with Gasteiger partial charge in [-0.15, -0.1) is 11.8 Å². The minimum absolute atomic E-state index is 0.133. The fraction of sp³-hybridized carbons (Fsp3) is 0.281. The molecule has 1 aliphatic heterocycles. The highest BCUT2D eigenvalue weighted by atomic mass is 35.5. The Morgan fingerprint density at radius 1 is 1.07 bits per heavy atom. The van der Waals surface area contributed by atoms with Crippen molar-refractivity contribution in [2.45, 2.75) is 19.1 Å². The van der Waals surface area contributed by atoms with E-state index < -0.39 is 0 Å². The first-order chi connectivity index (χ1) is 20.3. The summed E-state index contributed by atoms with van der Waals surface area (Å²) in [6, 6.07) is 22.8. The molecule has 2 heterocycles. The highest BCUT2D eigenvalue weighted by Crippen LogP contribution is 2.51. The average Bonchev–Trinajstić information content (AvgIpc) is 3.32. The zero-order valence-electron chi connectivity index (χ0n) is 24.0. The number of fused-ring (bicyclic) bond motifs is 1. The van der Waals surface area contributed by atoms with Gasteiger partial charge in [-0.3, -0.25) is 14.5 Å². The van der Waals surface area contributed by atoms with Crippen molar-refractivity contribution in [3.8, 4) is 28.4 Å². The molecule has 0 radical (unpaired) electrons. The third-order valence-electron chi connectivity index (χ3n) is 6.95. The van der Waals surface area contributed by atoms with E-state index in [2.05, 4.69) is 5.32 Å². The molecular weight excluding hydrogens is 572 g/mol. The number of aromatic nitrogens is 2. The van der Waals surface area contributed by atoms with Gasteiger partial charge in [-0.05, 0) is 36.2 Å². The molecule has 5 rings (SSSR count). The summed E-state index contributed by atoms with van der Waals surface area (Å²) in [5.74, 6) is 1.74.